The number of nitrogens with one attached hydrogen (secondary N) is 2. The molecule has 2 aliphatic heterocycles. The standard InChI is InChI=1S/C10H18N2O/c13-10-8-4-2-1-3-5-9(12-10)7-11-6-8/h8-9,11H,1-7H2,(H,12,13)/t8-,9+/m1/s1. The smallest absolute Gasteiger partial charge is 0.224 e. The van der Waals surface area contributed by atoms with E-state index >= 15 is 0 Å². The maximum Gasteiger partial charge on any atom is 0.224 e. The second kappa shape index (κ2) is 4.09. The molecule has 0 unspecified atom stereocenters. The minimum Gasteiger partial charge on any atom is -0.352 e. The van der Waals surface area contributed by atoms with Crippen LogP contribution < -0.4 is 10.6 Å². The van der Waals surface area contributed by atoms with Crippen LogP contribution >= 0.6 is 0 Å². The van der Waals surface area contributed by atoms with E-state index in [2.05, 4.69) is 10.6 Å². The molecule has 0 aliphatic carbocycles. The van der Waals surface area contributed by atoms with Crippen molar-refractivity contribution in [3.8, 4) is 0 Å². The van der Waals surface area contributed by atoms with Gasteiger partial charge in [-0.15, -0.1) is 0 Å². The van der Waals surface area contributed by atoms with Crippen LogP contribution in [0.3, 0.4) is 0 Å². The van der Waals surface area contributed by atoms with Crippen molar-refractivity contribution in [1.82, 2.24) is 10.6 Å². The highest BCUT2D eigenvalue weighted by molar-refractivity contribution is 5.79. The van der Waals surface area contributed by atoms with Crippen LogP contribution in [0.4, 0.5) is 0 Å². The summed E-state index contributed by atoms with van der Waals surface area (Å²) in [7, 11) is 0. The van der Waals surface area contributed by atoms with Gasteiger partial charge in [-0.05, 0) is 12.8 Å². The Labute approximate surface area is 79.3 Å². The van der Waals surface area contributed by atoms with Gasteiger partial charge in [0.25, 0.3) is 0 Å². The van der Waals surface area contributed by atoms with Gasteiger partial charge in [0.2, 0.25) is 5.91 Å². The van der Waals surface area contributed by atoms with E-state index in [1.165, 1.54) is 19.3 Å². The van der Waals surface area contributed by atoms with Gasteiger partial charge in [-0.25, -0.2) is 0 Å². The molecule has 2 heterocycles. The summed E-state index contributed by atoms with van der Waals surface area (Å²) in [6, 6.07) is 0.385. The van der Waals surface area contributed by atoms with Crippen molar-refractivity contribution in [3.05, 3.63) is 0 Å². The first-order chi connectivity index (χ1) is 6.36. The molecule has 3 nitrogen and oxygen atoms in total. The number of rotatable bonds is 0. The van der Waals surface area contributed by atoms with Gasteiger partial charge < -0.3 is 10.6 Å². The van der Waals surface area contributed by atoms with Crippen molar-refractivity contribution < 1.29 is 4.79 Å². The molecule has 1 amide bonds. The summed E-state index contributed by atoms with van der Waals surface area (Å²) in [5.41, 5.74) is 0. The van der Waals surface area contributed by atoms with E-state index in [1.807, 2.05) is 0 Å². The summed E-state index contributed by atoms with van der Waals surface area (Å²) in [6.45, 7) is 1.84. The highest BCUT2D eigenvalue weighted by atomic mass is 16.2. The first-order valence-corrected chi connectivity index (χ1v) is 5.37. The molecule has 2 aliphatic rings. The van der Waals surface area contributed by atoms with Gasteiger partial charge in [-0.1, -0.05) is 19.3 Å². The minimum absolute atomic E-state index is 0.225. The molecule has 2 N–H and O–H groups in total. The van der Waals surface area contributed by atoms with Crippen LogP contribution in [0.5, 0.6) is 0 Å². The Morgan fingerprint density at radius 3 is 2.85 bits per heavy atom. The number of carbonyl (C=O) groups is 1. The summed E-state index contributed by atoms with van der Waals surface area (Å²) >= 11 is 0. The Bertz CT molecular complexity index is 193. The lowest BCUT2D eigenvalue weighted by molar-refractivity contribution is -0.125. The van der Waals surface area contributed by atoms with Gasteiger partial charge in [-0.3, -0.25) is 4.79 Å². The molecular formula is C10H18N2O. The zero-order valence-corrected chi connectivity index (χ0v) is 8.01. The third kappa shape index (κ3) is 2.21. The van der Waals surface area contributed by atoms with E-state index in [-0.39, 0.29) is 11.8 Å². The van der Waals surface area contributed by atoms with E-state index in [0.717, 1.165) is 25.9 Å². The Hall–Kier alpha value is -0.570. The molecule has 2 atom stereocenters. The molecule has 0 aromatic heterocycles. The van der Waals surface area contributed by atoms with Crippen molar-refractivity contribution >= 4 is 5.91 Å². The Balaban J connectivity index is 2.06. The van der Waals surface area contributed by atoms with E-state index in [1.54, 1.807) is 0 Å². The maximum absolute atomic E-state index is 11.7. The van der Waals surface area contributed by atoms with Crippen LogP contribution in [0.1, 0.15) is 32.1 Å². The maximum atomic E-state index is 11.7. The molecule has 0 spiro atoms. The first kappa shape index (κ1) is 9.00. The third-order valence-electron chi connectivity index (χ3n) is 3.10. The number of hydrogen-bond acceptors (Lipinski definition) is 2. The van der Waals surface area contributed by atoms with E-state index in [4.69, 9.17) is 0 Å². The predicted octanol–water partition coefficient (Wildman–Crippen LogP) is 0.655. The van der Waals surface area contributed by atoms with Crippen molar-refractivity contribution in [3.63, 3.8) is 0 Å². The summed E-state index contributed by atoms with van der Waals surface area (Å²) in [6.07, 6.45) is 5.98. The zero-order valence-electron chi connectivity index (χ0n) is 8.01. The number of amides is 1. The quantitative estimate of drug-likeness (QED) is 0.577. The normalized spacial score (nSPS) is 35.5. The Kier molecular flexibility index (Phi) is 2.83. The molecule has 2 saturated heterocycles. The van der Waals surface area contributed by atoms with Crippen LogP contribution in [0.25, 0.3) is 0 Å². The van der Waals surface area contributed by atoms with E-state index in [9.17, 15) is 4.79 Å². The lowest BCUT2D eigenvalue weighted by Gasteiger charge is -2.14. The predicted molar refractivity (Wildman–Crippen MR) is 51.4 cm³/mol. The van der Waals surface area contributed by atoms with Crippen LogP contribution in [0.15, 0.2) is 0 Å². The molecule has 2 rings (SSSR count). The van der Waals surface area contributed by atoms with Crippen LogP contribution in [0.2, 0.25) is 0 Å². The highest BCUT2D eigenvalue weighted by Gasteiger charge is 2.25. The molecule has 0 radical (unpaired) electrons. The second-order valence-electron chi connectivity index (χ2n) is 4.20. The molecule has 2 fully saturated rings. The average molecular weight is 182 g/mol. The van der Waals surface area contributed by atoms with E-state index in [0.29, 0.717) is 6.04 Å². The Morgan fingerprint density at radius 1 is 1.08 bits per heavy atom. The molecule has 74 valence electrons. The van der Waals surface area contributed by atoms with Crippen molar-refractivity contribution in [2.75, 3.05) is 13.1 Å². The van der Waals surface area contributed by atoms with Crippen molar-refractivity contribution in [1.29, 1.82) is 0 Å². The van der Waals surface area contributed by atoms with Gasteiger partial charge >= 0.3 is 0 Å². The Morgan fingerprint density at radius 2 is 1.92 bits per heavy atom. The lowest BCUT2D eigenvalue weighted by Crippen LogP contribution is -2.38. The van der Waals surface area contributed by atoms with Crippen molar-refractivity contribution in [2.45, 2.75) is 38.1 Å². The fourth-order valence-corrected chi connectivity index (χ4v) is 2.26. The fraction of sp³-hybridized carbons (Fsp3) is 0.900. The lowest BCUT2D eigenvalue weighted by atomic mass is 10.00. The van der Waals surface area contributed by atoms with Crippen LogP contribution in [-0.2, 0) is 4.79 Å². The monoisotopic (exact) mass is 182 g/mol. The molecule has 3 heteroatoms. The molecule has 13 heavy (non-hydrogen) atoms. The minimum atomic E-state index is 0.225. The van der Waals surface area contributed by atoms with Crippen LogP contribution in [0, 0.1) is 5.92 Å². The molecule has 2 bridgehead atoms. The van der Waals surface area contributed by atoms with Gasteiger partial charge in [0.15, 0.2) is 0 Å². The molecular weight excluding hydrogens is 164 g/mol. The largest absolute Gasteiger partial charge is 0.352 e. The molecule has 0 aromatic carbocycles. The third-order valence-corrected chi connectivity index (χ3v) is 3.10. The number of carbonyl (C=O) groups excluding carboxylic acids is 1. The summed E-state index contributed by atoms with van der Waals surface area (Å²) in [5, 5.41) is 6.48. The zero-order chi connectivity index (χ0) is 9.10. The van der Waals surface area contributed by atoms with Gasteiger partial charge in [0.05, 0.1) is 5.92 Å². The van der Waals surface area contributed by atoms with Gasteiger partial charge in [0, 0.05) is 19.1 Å². The average Bonchev–Trinajstić information content (AvgIpc) is 2.25. The number of fused-ring (bicyclic) bond motifs is 3. The topological polar surface area (TPSA) is 41.1 Å². The van der Waals surface area contributed by atoms with E-state index < -0.39 is 0 Å². The highest BCUT2D eigenvalue weighted by Crippen LogP contribution is 2.17. The SMILES string of the molecule is O=C1N[C@H]2CCCCC[C@@H]1CNC2. The van der Waals surface area contributed by atoms with Gasteiger partial charge in [-0.2, -0.15) is 0 Å². The summed E-state index contributed by atoms with van der Waals surface area (Å²) in [4.78, 5) is 11.7. The first-order valence-electron chi connectivity index (χ1n) is 5.37. The number of hydrogen-bond donors (Lipinski definition) is 2. The fourth-order valence-electron chi connectivity index (χ4n) is 2.26. The second-order valence-corrected chi connectivity index (χ2v) is 4.20. The van der Waals surface area contributed by atoms with Gasteiger partial charge in [0.1, 0.15) is 0 Å². The van der Waals surface area contributed by atoms with Crippen molar-refractivity contribution in [2.24, 2.45) is 5.92 Å². The molecule has 0 saturated carbocycles. The van der Waals surface area contributed by atoms with Crippen LogP contribution in [-0.4, -0.2) is 25.0 Å². The molecule has 0 aromatic rings. The summed E-state index contributed by atoms with van der Waals surface area (Å²) in [5.74, 6) is 0.500. The summed E-state index contributed by atoms with van der Waals surface area (Å²) < 4.78 is 0.